The second kappa shape index (κ2) is 5.93. The van der Waals surface area contributed by atoms with E-state index in [1.807, 2.05) is 30.3 Å². The highest BCUT2D eigenvalue weighted by Crippen LogP contribution is 2.28. The number of halogens is 1. The fourth-order valence-corrected chi connectivity index (χ4v) is 2.67. The minimum atomic E-state index is -0.355. The Morgan fingerprint density at radius 1 is 1.05 bits per heavy atom. The monoisotopic (exact) mass is 298 g/mol. The highest BCUT2D eigenvalue weighted by molar-refractivity contribution is 8.18. The molecule has 3 rings (SSSR count). The summed E-state index contributed by atoms with van der Waals surface area (Å²) in [5.74, 6) is -0.621. The normalized spacial score (nSPS) is 18.2. The number of carbonyl (C=O) groups excluding carboxylic acids is 1. The molecule has 1 N–H and O–H groups in total. The van der Waals surface area contributed by atoms with Gasteiger partial charge in [-0.3, -0.25) is 4.79 Å². The first-order valence-corrected chi connectivity index (χ1v) is 7.13. The van der Waals surface area contributed by atoms with E-state index in [2.05, 4.69) is 10.3 Å². The number of thioether (sulfide) groups is 1. The fraction of sp³-hybridized carbons (Fsp3) is 0. The lowest BCUT2D eigenvalue weighted by Gasteiger charge is -1.96. The molecule has 1 saturated heterocycles. The van der Waals surface area contributed by atoms with Crippen LogP contribution >= 0.6 is 11.8 Å². The number of amides is 1. The molecule has 2 aromatic rings. The van der Waals surface area contributed by atoms with E-state index < -0.39 is 0 Å². The van der Waals surface area contributed by atoms with Crippen molar-refractivity contribution < 1.29 is 9.18 Å². The molecule has 0 unspecified atom stereocenters. The maximum absolute atomic E-state index is 13.6. The topological polar surface area (TPSA) is 41.5 Å². The predicted molar refractivity (Wildman–Crippen MR) is 83.6 cm³/mol. The standard InChI is InChI=1S/C16H11FN2OS/c17-13-9-5-4-6-11(13)10-14-15(20)19-16(21-14)18-12-7-2-1-3-8-12/h1-10H,(H,18,19,20)/b14-10+. The summed E-state index contributed by atoms with van der Waals surface area (Å²) >= 11 is 1.20. The fourth-order valence-electron chi connectivity index (χ4n) is 1.83. The smallest absolute Gasteiger partial charge is 0.264 e. The van der Waals surface area contributed by atoms with Gasteiger partial charge in [-0.15, -0.1) is 0 Å². The van der Waals surface area contributed by atoms with Crippen molar-refractivity contribution in [3.8, 4) is 0 Å². The van der Waals surface area contributed by atoms with Crippen LogP contribution in [0.5, 0.6) is 0 Å². The SMILES string of the molecule is O=C1NC(=Nc2ccccc2)S/C1=C/c1ccccc1F. The maximum atomic E-state index is 13.6. The highest BCUT2D eigenvalue weighted by atomic mass is 32.2. The highest BCUT2D eigenvalue weighted by Gasteiger charge is 2.24. The average Bonchev–Trinajstić information content (AvgIpc) is 2.82. The molecule has 104 valence electrons. The van der Waals surface area contributed by atoms with Crippen LogP contribution in [0.4, 0.5) is 10.1 Å². The van der Waals surface area contributed by atoms with Crippen molar-refractivity contribution in [1.82, 2.24) is 5.32 Å². The van der Waals surface area contributed by atoms with Crippen molar-refractivity contribution >= 4 is 34.6 Å². The van der Waals surface area contributed by atoms with Crippen molar-refractivity contribution in [2.24, 2.45) is 4.99 Å². The molecule has 0 atom stereocenters. The number of nitrogens with one attached hydrogen (secondary N) is 1. The minimum Gasteiger partial charge on any atom is -0.300 e. The lowest BCUT2D eigenvalue weighted by atomic mass is 10.2. The van der Waals surface area contributed by atoms with Crippen molar-refractivity contribution in [3.05, 3.63) is 70.9 Å². The van der Waals surface area contributed by atoms with Crippen LogP contribution in [0.2, 0.25) is 0 Å². The molecule has 21 heavy (non-hydrogen) atoms. The molecule has 1 amide bonds. The second-order valence-electron chi connectivity index (χ2n) is 4.34. The number of nitrogens with zero attached hydrogens (tertiary/aromatic N) is 1. The first-order valence-electron chi connectivity index (χ1n) is 6.31. The summed E-state index contributed by atoms with van der Waals surface area (Å²) in [6, 6.07) is 15.7. The molecule has 1 heterocycles. The number of para-hydroxylation sites is 1. The number of rotatable bonds is 2. The molecule has 0 aromatic heterocycles. The lowest BCUT2D eigenvalue weighted by Crippen LogP contribution is -2.19. The quantitative estimate of drug-likeness (QED) is 0.859. The number of amidine groups is 1. The predicted octanol–water partition coefficient (Wildman–Crippen LogP) is 3.72. The van der Waals surface area contributed by atoms with Gasteiger partial charge in [0.25, 0.3) is 5.91 Å². The Hall–Kier alpha value is -2.40. The summed E-state index contributed by atoms with van der Waals surface area (Å²) in [7, 11) is 0. The molecule has 1 aliphatic rings. The van der Waals surface area contributed by atoms with Crippen molar-refractivity contribution in [3.63, 3.8) is 0 Å². The summed E-state index contributed by atoms with van der Waals surface area (Å²) in [4.78, 5) is 16.6. The first-order chi connectivity index (χ1) is 10.2. The molecule has 0 saturated carbocycles. The third-order valence-electron chi connectivity index (χ3n) is 2.83. The largest absolute Gasteiger partial charge is 0.300 e. The van der Waals surface area contributed by atoms with Crippen LogP contribution in [0.1, 0.15) is 5.56 Å². The Labute approximate surface area is 125 Å². The summed E-state index contributed by atoms with van der Waals surface area (Å²) in [6.07, 6.45) is 1.53. The molecule has 1 fully saturated rings. The van der Waals surface area contributed by atoms with Crippen LogP contribution in [-0.4, -0.2) is 11.1 Å². The van der Waals surface area contributed by atoms with Gasteiger partial charge in [0.05, 0.1) is 10.6 Å². The van der Waals surface area contributed by atoms with E-state index in [9.17, 15) is 9.18 Å². The van der Waals surface area contributed by atoms with Gasteiger partial charge in [-0.2, -0.15) is 0 Å². The molecule has 0 radical (unpaired) electrons. The minimum absolute atomic E-state index is 0.266. The number of aliphatic imine (C=N–C) groups is 1. The Morgan fingerprint density at radius 3 is 2.52 bits per heavy atom. The molecular formula is C16H11FN2OS. The van der Waals surface area contributed by atoms with Gasteiger partial charge in [-0.1, -0.05) is 36.4 Å². The Morgan fingerprint density at radius 2 is 1.76 bits per heavy atom. The Balaban J connectivity index is 1.86. The Kier molecular flexibility index (Phi) is 3.83. The van der Waals surface area contributed by atoms with E-state index >= 15 is 0 Å². The summed E-state index contributed by atoms with van der Waals surface area (Å²) in [5, 5.41) is 3.17. The van der Waals surface area contributed by atoms with Crippen molar-refractivity contribution in [2.75, 3.05) is 0 Å². The van der Waals surface area contributed by atoms with Gasteiger partial charge >= 0.3 is 0 Å². The molecule has 3 nitrogen and oxygen atoms in total. The third kappa shape index (κ3) is 3.20. The van der Waals surface area contributed by atoms with Gasteiger partial charge in [0.2, 0.25) is 0 Å². The van der Waals surface area contributed by atoms with E-state index in [1.54, 1.807) is 18.2 Å². The molecular weight excluding hydrogens is 287 g/mol. The zero-order valence-corrected chi connectivity index (χ0v) is 11.7. The lowest BCUT2D eigenvalue weighted by molar-refractivity contribution is -0.115. The number of carbonyl (C=O) groups is 1. The van der Waals surface area contributed by atoms with Gasteiger partial charge < -0.3 is 5.32 Å². The van der Waals surface area contributed by atoms with Crippen molar-refractivity contribution in [2.45, 2.75) is 0 Å². The van der Waals surface area contributed by atoms with Gasteiger partial charge in [0.15, 0.2) is 5.17 Å². The number of hydrogen-bond donors (Lipinski definition) is 1. The van der Waals surface area contributed by atoms with Gasteiger partial charge in [-0.25, -0.2) is 9.38 Å². The zero-order valence-electron chi connectivity index (χ0n) is 10.9. The van der Waals surface area contributed by atoms with Crippen LogP contribution in [-0.2, 0) is 4.79 Å². The van der Waals surface area contributed by atoms with Crippen LogP contribution < -0.4 is 5.32 Å². The third-order valence-corrected chi connectivity index (χ3v) is 3.74. The maximum Gasteiger partial charge on any atom is 0.264 e. The van der Waals surface area contributed by atoms with Gasteiger partial charge in [0.1, 0.15) is 5.82 Å². The van der Waals surface area contributed by atoms with E-state index in [-0.39, 0.29) is 11.7 Å². The molecule has 0 aliphatic carbocycles. The summed E-state index contributed by atoms with van der Waals surface area (Å²) in [6.45, 7) is 0. The molecule has 0 spiro atoms. The zero-order chi connectivity index (χ0) is 14.7. The summed E-state index contributed by atoms with van der Waals surface area (Å²) in [5.41, 5.74) is 1.14. The average molecular weight is 298 g/mol. The molecule has 5 heteroatoms. The van der Waals surface area contributed by atoms with Crippen LogP contribution in [0, 0.1) is 5.82 Å². The van der Waals surface area contributed by atoms with E-state index in [4.69, 9.17) is 0 Å². The number of benzene rings is 2. The first kappa shape index (κ1) is 13.6. The van der Waals surface area contributed by atoms with E-state index in [0.29, 0.717) is 15.6 Å². The van der Waals surface area contributed by atoms with Gasteiger partial charge in [0, 0.05) is 5.56 Å². The second-order valence-corrected chi connectivity index (χ2v) is 5.37. The number of hydrogen-bond acceptors (Lipinski definition) is 3. The van der Waals surface area contributed by atoms with Crippen LogP contribution in [0.25, 0.3) is 6.08 Å². The van der Waals surface area contributed by atoms with Gasteiger partial charge in [-0.05, 0) is 36.0 Å². The molecule has 1 aliphatic heterocycles. The Bertz CT molecular complexity index is 741. The molecule has 2 aromatic carbocycles. The van der Waals surface area contributed by atoms with Crippen LogP contribution in [0.3, 0.4) is 0 Å². The van der Waals surface area contributed by atoms with Crippen molar-refractivity contribution in [1.29, 1.82) is 0 Å². The van der Waals surface area contributed by atoms with E-state index in [1.165, 1.54) is 23.9 Å². The summed E-state index contributed by atoms with van der Waals surface area (Å²) < 4.78 is 13.6. The molecule has 0 bridgehead atoms. The van der Waals surface area contributed by atoms with Crippen LogP contribution in [0.15, 0.2) is 64.5 Å². The van der Waals surface area contributed by atoms with E-state index in [0.717, 1.165) is 5.69 Å².